The minimum Gasteiger partial charge on any atom is -0.462 e. The summed E-state index contributed by atoms with van der Waals surface area (Å²) in [4.78, 5) is 24.2. The molecular weight excluding hydrogens is 368 g/mol. The first-order valence-electron chi connectivity index (χ1n) is 7.76. The van der Waals surface area contributed by atoms with Crippen molar-refractivity contribution >= 4 is 39.8 Å². The van der Waals surface area contributed by atoms with Gasteiger partial charge in [-0.25, -0.2) is 13.2 Å². The second-order valence-corrected chi connectivity index (χ2v) is 7.95. The molecule has 0 bridgehead atoms. The van der Waals surface area contributed by atoms with Crippen LogP contribution in [0.15, 0.2) is 23.1 Å². The number of ether oxygens (including phenoxy) is 1. The van der Waals surface area contributed by atoms with Gasteiger partial charge < -0.3 is 15.4 Å². The minimum atomic E-state index is -3.53. The third kappa shape index (κ3) is 5.42. The van der Waals surface area contributed by atoms with Crippen LogP contribution in [-0.4, -0.2) is 46.2 Å². The van der Waals surface area contributed by atoms with E-state index in [9.17, 15) is 18.0 Å². The molecular formula is C16H23ClN2O5S. The average Bonchev–Trinajstić information content (AvgIpc) is 2.44. The Kier molecular flexibility index (Phi) is 7.40. The van der Waals surface area contributed by atoms with E-state index in [1.165, 1.54) is 18.2 Å². The lowest BCUT2D eigenvalue weighted by atomic mass is 9.88. The predicted molar refractivity (Wildman–Crippen MR) is 96.9 cm³/mol. The van der Waals surface area contributed by atoms with Gasteiger partial charge in [-0.1, -0.05) is 6.92 Å². The van der Waals surface area contributed by atoms with Crippen molar-refractivity contribution in [2.75, 3.05) is 31.3 Å². The van der Waals surface area contributed by atoms with Gasteiger partial charge in [-0.2, -0.15) is 0 Å². The van der Waals surface area contributed by atoms with Gasteiger partial charge in [0.1, 0.15) is 0 Å². The highest BCUT2D eigenvalue weighted by Crippen LogP contribution is 2.22. The Morgan fingerprint density at radius 3 is 2.44 bits per heavy atom. The second-order valence-electron chi connectivity index (χ2n) is 5.93. The highest BCUT2D eigenvalue weighted by Gasteiger charge is 2.29. The minimum absolute atomic E-state index is 0. The van der Waals surface area contributed by atoms with Gasteiger partial charge in [-0.15, -0.1) is 12.4 Å². The molecule has 0 spiro atoms. The quantitative estimate of drug-likeness (QED) is 0.713. The monoisotopic (exact) mass is 390 g/mol. The van der Waals surface area contributed by atoms with E-state index in [-0.39, 0.29) is 52.9 Å². The Bertz CT molecular complexity index is 747. The fraction of sp³-hybridized carbons (Fsp3) is 0.500. The van der Waals surface area contributed by atoms with E-state index < -0.39 is 15.8 Å². The van der Waals surface area contributed by atoms with Crippen molar-refractivity contribution in [3.8, 4) is 0 Å². The molecule has 140 valence electrons. The normalized spacial score (nSPS) is 15.5. The SMILES string of the molecule is CCOC(=O)c1cc(NC(=O)C(C)C2CNC2)cc(S(C)(=O)=O)c1.Cl. The van der Waals surface area contributed by atoms with Crippen molar-refractivity contribution in [2.24, 2.45) is 11.8 Å². The Hall–Kier alpha value is -1.64. The summed E-state index contributed by atoms with van der Waals surface area (Å²) in [6, 6.07) is 4.03. The van der Waals surface area contributed by atoms with E-state index >= 15 is 0 Å². The van der Waals surface area contributed by atoms with Crippen LogP contribution < -0.4 is 10.6 Å². The molecule has 2 rings (SSSR count). The predicted octanol–water partition coefficient (Wildman–Crippen LogP) is 1.48. The molecule has 1 atom stereocenters. The number of anilines is 1. The van der Waals surface area contributed by atoms with Gasteiger partial charge in [-0.05, 0) is 44.1 Å². The molecule has 7 nitrogen and oxygen atoms in total. The van der Waals surface area contributed by atoms with Crippen LogP contribution in [0.2, 0.25) is 0 Å². The second kappa shape index (κ2) is 8.64. The number of rotatable bonds is 6. The van der Waals surface area contributed by atoms with Crippen LogP contribution in [0.4, 0.5) is 5.69 Å². The van der Waals surface area contributed by atoms with Crippen LogP contribution in [0, 0.1) is 11.8 Å². The van der Waals surface area contributed by atoms with Crippen LogP contribution in [0.5, 0.6) is 0 Å². The number of hydrogen-bond acceptors (Lipinski definition) is 6. The van der Waals surface area contributed by atoms with Crippen LogP contribution in [-0.2, 0) is 19.4 Å². The molecule has 1 aromatic carbocycles. The molecule has 0 saturated carbocycles. The summed E-state index contributed by atoms with van der Waals surface area (Å²) in [5, 5.41) is 5.81. The maximum atomic E-state index is 12.3. The molecule has 1 aromatic rings. The molecule has 1 amide bonds. The van der Waals surface area contributed by atoms with Crippen LogP contribution in [0.1, 0.15) is 24.2 Å². The summed E-state index contributed by atoms with van der Waals surface area (Å²) < 4.78 is 28.6. The van der Waals surface area contributed by atoms with E-state index in [1.54, 1.807) is 6.92 Å². The maximum Gasteiger partial charge on any atom is 0.338 e. The molecule has 1 heterocycles. The summed E-state index contributed by atoms with van der Waals surface area (Å²) >= 11 is 0. The zero-order chi connectivity index (χ0) is 17.9. The number of sulfone groups is 1. The number of nitrogens with one attached hydrogen (secondary N) is 2. The number of benzene rings is 1. The maximum absolute atomic E-state index is 12.3. The van der Waals surface area contributed by atoms with E-state index in [4.69, 9.17) is 4.74 Å². The molecule has 9 heteroatoms. The van der Waals surface area contributed by atoms with Crippen LogP contribution in [0.3, 0.4) is 0 Å². The topological polar surface area (TPSA) is 102 Å². The Morgan fingerprint density at radius 1 is 1.32 bits per heavy atom. The molecule has 1 aliphatic rings. The molecule has 1 fully saturated rings. The summed E-state index contributed by atoms with van der Waals surface area (Å²) in [5.74, 6) is -0.788. The lowest BCUT2D eigenvalue weighted by Gasteiger charge is -2.31. The van der Waals surface area contributed by atoms with Gasteiger partial charge in [0.15, 0.2) is 9.84 Å². The van der Waals surface area contributed by atoms with Crippen molar-refractivity contribution in [3.63, 3.8) is 0 Å². The first-order valence-corrected chi connectivity index (χ1v) is 9.65. The Morgan fingerprint density at radius 2 is 1.96 bits per heavy atom. The van der Waals surface area contributed by atoms with Crippen molar-refractivity contribution in [1.29, 1.82) is 0 Å². The average molecular weight is 391 g/mol. The lowest BCUT2D eigenvalue weighted by Crippen LogP contribution is -2.48. The van der Waals surface area contributed by atoms with E-state index in [0.717, 1.165) is 19.3 Å². The van der Waals surface area contributed by atoms with Crippen molar-refractivity contribution in [1.82, 2.24) is 5.32 Å². The fourth-order valence-corrected chi connectivity index (χ4v) is 3.03. The Labute approximate surface area is 153 Å². The van der Waals surface area contributed by atoms with E-state index in [0.29, 0.717) is 0 Å². The first-order chi connectivity index (χ1) is 11.2. The molecule has 1 aliphatic heterocycles. The molecule has 0 radical (unpaired) electrons. The fourth-order valence-electron chi connectivity index (χ4n) is 2.35. The zero-order valence-corrected chi connectivity index (χ0v) is 16.0. The van der Waals surface area contributed by atoms with E-state index in [1.807, 2.05) is 6.92 Å². The standard InChI is InChI=1S/C16H22N2O5S.ClH/c1-4-23-16(20)11-5-13(7-14(6-11)24(3,21)22)18-15(19)10(2)12-8-17-9-12;/h5-7,10,12,17H,4,8-9H2,1-3H3,(H,18,19);1H. The van der Waals surface area contributed by atoms with Gasteiger partial charge in [0.25, 0.3) is 0 Å². The van der Waals surface area contributed by atoms with Crippen molar-refractivity contribution in [2.45, 2.75) is 18.7 Å². The third-order valence-electron chi connectivity index (χ3n) is 4.05. The van der Waals surface area contributed by atoms with Gasteiger partial charge in [-0.3, -0.25) is 4.79 Å². The molecule has 0 aliphatic carbocycles. The summed E-state index contributed by atoms with van der Waals surface area (Å²) in [6.07, 6.45) is 1.05. The summed E-state index contributed by atoms with van der Waals surface area (Å²) in [7, 11) is -3.53. The highest BCUT2D eigenvalue weighted by atomic mass is 35.5. The molecule has 1 saturated heterocycles. The largest absolute Gasteiger partial charge is 0.462 e. The Balaban J connectivity index is 0.00000312. The number of carbonyl (C=O) groups excluding carboxylic acids is 2. The zero-order valence-electron chi connectivity index (χ0n) is 14.4. The van der Waals surface area contributed by atoms with Gasteiger partial charge in [0.2, 0.25) is 5.91 Å². The lowest BCUT2D eigenvalue weighted by molar-refractivity contribution is -0.121. The van der Waals surface area contributed by atoms with Crippen molar-refractivity contribution in [3.05, 3.63) is 23.8 Å². The summed E-state index contributed by atoms with van der Waals surface area (Å²) in [6.45, 7) is 5.23. The number of amides is 1. The summed E-state index contributed by atoms with van der Waals surface area (Å²) in [5.41, 5.74) is 0.359. The van der Waals surface area contributed by atoms with Gasteiger partial charge >= 0.3 is 5.97 Å². The van der Waals surface area contributed by atoms with E-state index in [2.05, 4.69) is 10.6 Å². The van der Waals surface area contributed by atoms with Gasteiger partial charge in [0, 0.05) is 17.9 Å². The highest BCUT2D eigenvalue weighted by molar-refractivity contribution is 7.90. The van der Waals surface area contributed by atoms with Crippen molar-refractivity contribution < 1.29 is 22.7 Å². The third-order valence-corrected chi connectivity index (χ3v) is 5.14. The van der Waals surface area contributed by atoms with Gasteiger partial charge in [0.05, 0.1) is 17.1 Å². The molecule has 25 heavy (non-hydrogen) atoms. The smallest absolute Gasteiger partial charge is 0.338 e. The van der Waals surface area contributed by atoms with Crippen LogP contribution >= 0.6 is 12.4 Å². The number of hydrogen-bond donors (Lipinski definition) is 2. The van der Waals surface area contributed by atoms with Crippen LogP contribution in [0.25, 0.3) is 0 Å². The molecule has 1 unspecified atom stereocenters. The first kappa shape index (κ1) is 21.4. The number of esters is 1. The number of halogens is 1. The molecule has 2 N–H and O–H groups in total. The number of carbonyl (C=O) groups is 2. The molecule has 0 aromatic heterocycles.